The lowest BCUT2D eigenvalue weighted by molar-refractivity contribution is -0.116. The van der Waals surface area contributed by atoms with Gasteiger partial charge in [-0.1, -0.05) is 25.5 Å². The second-order valence-electron chi connectivity index (χ2n) is 6.74. The van der Waals surface area contributed by atoms with Gasteiger partial charge in [-0.25, -0.2) is 4.79 Å². The molecule has 0 aliphatic rings. The number of ether oxygens (including phenoxy) is 1. The summed E-state index contributed by atoms with van der Waals surface area (Å²) in [6.45, 7) is 5.26. The Kier molecular flexibility index (Phi) is 6.71. The lowest BCUT2D eigenvalue weighted by Crippen LogP contribution is -2.15. The first-order valence-electron chi connectivity index (χ1n) is 8.66. The highest BCUT2D eigenvalue weighted by Gasteiger charge is 2.15. The Hall–Kier alpha value is -3.15. The van der Waals surface area contributed by atoms with Crippen LogP contribution >= 0.6 is 0 Å². The molecule has 0 spiro atoms. The van der Waals surface area contributed by atoms with Gasteiger partial charge in [-0.2, -0.15) is 0 Å². The minimum Gasteiger partial charge on any atom is -0.507 e. The van der Waals surface area contributed by atoms with E-state index in [1.807, 2.05) is 13.8 Å². The van der Waals surface area contributed by atoms with Crippen molar-refractivity contribution in [3.63, 3.8) is 0 Å². The summed E-state index contributed by atoms with van der Waals surface area (Å²) in [5, 5.41) is 12.5. The summed E-state index contributed by atoms with van der Waals surface area (Å²) in [5.74, 6) is -1.17. The van der Waals surface area contributed by atoms with Crippen molar-refractivity contribution in [1.82, 2.24) is 0 Å². The molecule has 0 unspecified atom stereocenters. The van der Waals surface area contributed by atoms with Gasteiger partial charge < -0.3 is 15.2 Å². The summed E-state index contributed by atoms with van der Waals surface area (Å²) in [6, 6.07) is 10.9. The fourth-order valence-corrected chi connectivity index (χ4v) is 2.43. The molecule has 2 rings (SSSR count). The largest absolute Gasteiger partial charge is 0.507 e. The zero-order chi connectivity index (χ0) is 20.0. The summed E-state index contributed by atoms with van der Waals surface area (Å²) in [4.78, 5) is 36.0. The van der Waals surface area contributed by atoms with E-state index in [9.17, 15) is 19.5 Å². The third-order valence-corrected chi connectivity index (χ3v) is 3.79. The predicted molar refractivity (Wildman–Crippen MR) is 102 cm³/mol. The average Bonchev–Trinajstić information content (AvgIpc) is 2.61. The Labute approximate surface area is 158 Å². The zero-order valence-electron chi connectivity index (χ0n) is 15.6. The second kappa shape index (κ2) is 8.98. The Morgan fingerprint density at radius 3 is 2.37 bits per heavy atom. The number of aryl methyl sites for hydroxylation is 1. The number of benzene rings is 2. The molecule has 2 aromatic carbocycles. The van der Waals surface area contributed by atoms with Crippen LogP contribution in [-0.2, 0) is 9.53 Å². The third kappa shape index (κ3) is 5.95. The maximum absolute atomic E-state index is 12.2. The summed E-state index contributed by atoms with van der Waals surface area (Å²) in [7, 11) is 0. The maximum atomic E-state index is 12.2. The molecule has 0 aliphatic heterocycles. The Morgan fingerprint density at radius 2 is 1.74 bits per heavy atom. The highest BCUT2D eigenvalue weighted by molar-refractivity contribution is 6.00. The lowest BCUT2D eigenvalue weighted by Gasteiger charge is -2.09. The number of anilines is 1. The van der Waals surface area contributed by atoms with Crippen LogP contribution in [0, 0.1) is 12.8 Å². The zero-order valence-corrected chi connectivity index (χ0v) is 15.6. The summed E-state index contributed by atoms with van der Waals surface area (Å²) in [6.07, 6.45) is 0.419. The van der Waals surface area contributed by atoms with Gasteiger partial charge in [0.1, 0.15) is 11.3 Å². The molecule has 6 heteroatoms. The minimum absolute atomic E-state index is 0.0195. The second-order valence-corrected chi connectivity index (χ2v) is 6.74. The van der Waals surface area contributed by atoms with Gasteiger partial charge in [0, 0.05) is 17.7 Å². The van der Waals surface area contributed by atoms with E-state index in [-0.39, 0.29) is 28.9 Å². The standard InChI is InChI=1S/C21H23NO5/c1-13(2)10-20(25)22-16-7-5-15(6-8-16)19(24)12-27-21(26)17-11-14(3)4-9-18(17)23/h4-9,11,13,23H,10,12H2,1-3H3,(H,22,25). The normalized spacial score (nSPS) is 10.5. The molecule has 0 fully saturated rings. The molecule has 0 heterocycles. The molecule has 0 aliphatic carbocycles. The molecule has 2 N–H and O–H groups in total. The summed E-state index contributed by atoms with van der Waals surface area (Å²) in [5.41, 5.74) is 1.77. The predicted octanol–water partition coefficient (Wildman–Crippen LogP) is 3.72. The third-order valence-electron chi connectivity index (χ3n) is 3.79. The van der Waals surface area contributed by atoms with Crippen LogP contribution < -0.4 is 5.32 Å². The molecule has 0 bridgehead atoms. The van der Waals surface area contributed by atoms with Gasteiger partial charge in [-0.3, -0.25) is 9.59 Å². The van der Waals surface area contributed by atoms with Gasteiger partial charge in [-0.05, 0) is 49.2 Å². The molecular formula is C21H23NO5. The number of amides is 1. The smallest absolute Gasteiger partial charge is 0.342 e. The first kappa shape index (κ1) is 20.2. The monoisotopic (exact) mass is 369 g/mol. The van der Waals surface area contributed by atoms with E-state index >= 15 is 0 Å². The molecule has 0 aromatic heterocycles. The van der Waals surface area contributed by atoms with Crippen LogP contribution in [0.3, 0.4) is 0 Å². The molecular weight excluding hydrogens is 346 g/mol. The number of carbonyl (C=O) groups is 3. The van der Waals surface area contributed by atoms with E-state index in [1.165, 1.54) is 12.1 Å². The number of rotatable bonds is 7. The van der Waals surface area contributed by atoms with Gasteiger partial charge in [0.15, 0.2) is 12.4 Å². The molecule has 1 amide bonds. The summed E-state index contributed by atoms with van der Waals surface area (Å²) >= 11 is 0. The number of Topliss-reactive ketones (excluding diaryl/α,β-unsaturated/α-hetero) is 1. The van der Waals surface area contributed by atoms with E-state index in [0.717, 1.165) is 5.56 Å². The number of nitrogens with one attached hydrogen (secondary N) is 1. The quantitative estimate of drug-likeness (QED) is 0.573. The van der Waals surface area contributed by atoms with Gasteiger partial charge in [0.05, 0.1) is 0 Å². The number of esters is 1. The molecule has 6 nitrogen and oxygen atoms in total. The van der Waals surface area contributed by atoms with Crippen LogP contribution in [0.1, 0.15) is 46.5 Å². The number of carbonyl (C=O) groups excluding carboxylic acids is 3. The van der Waals surface area contributed by atoms with Crippen molar-refractivity contribution in [3.05, 3.63) is 59.2 Å². The van der Waals surface area contributed by atoms with Gasteiger partial charge in [0.2, 0.25) is 5.91 Å². The van der Waals surface area contributed by atoms with E-state index in [0.29, 0.717) is 17.7 Å². The molecule has 2 aromatic rings. The maximum Gasteiger partial charge on any atom is 0.342 e. The molecule has 0 atom stereocenters. The number of hydrogen-bond donors (Lipinski definition) is 2. The van der Waals surface area contributed by atoms with Crippen LogP contribution in [0.5, 0.6) is 5.75 Å². The first-order chi connectivity index (χ1) is 12.8. The van der Waals surface area contributed by atoms with Crippen molar-refractivity contribution in [2.45, 2.75) is 27.2 Å². The van der Waals surface area contributed by atoms with Gasteiger partial charge in [-0.15, -0.1) is 0 Å². The molecule has 0 saturated heterocycles. The van der Waals surface area contributed by atoms with Crippen molar-refractivity contribution in [3.8, 4) is 5.75 Å². The molecule has 0 radical (unpaired) electrons. The number of phenolic OH excluding ortho intramolecular Hbond substituents is 1. The molecule has 0 saturated carbocycles. The number of phenols is 1. The fourth-order valence-electron chi connectivity index (χ4n) is 2.43. The fraction of sp³-hybridized carbons (Fsp3) is 0.286. The minimum atomic E-state index is -0.762. The van der Waals surface area contributed by atoms with E-state index in [4.69, 9.17) is 4.74 Å². The number of ketones is 1. The van der Waals surface area contributed by atoms with Gasteiger partial charge in [0.25, 0.3) is 0 Å². The Bertz CT molecular complexity index is 840. The Morgan fingerprint density at radius 1 is 1.07 bits per heavy atom. The summed E-state index contributed by atoms with van der Waals surface area (Å²) < 4.78 is 5.00. The molecule has 27 heavy (non-hydrogen) atoms. The van der Waals surface area contributed by atoms with Crippen LogP contribution in [0.2, 0.25) is 0 Å². The van der Waals surface area contributed by atoms with Crippen molar-refractivity contribution < 1.29 is 24.2 Å². The van der Waals surface area contributed by atoms with Crippen molar-refractivity contribution in [1.29, 1.82) is 0 Å². The lowest BCUT2D eigenvalue weighted by atomic mass is 10.1. The van der Waals surface area contributed by atoms with Crippen LogP contribution in [-0.4, -0.2) is 29.4 Å². The SMILES string of the molecule is Cc1ccc(O)c(C(=O)OCC(=O)c2ccc(NC(=O)CC(C)C)cc2)c1. The topological polar surface area (TPSA) is 92.7 Å². The number of aromatic hydroxyl groups is 1. The van der Waals surface area contributed by atoms with E-state index in [2.05, 4.69) is 5.32 Å². The van der Waals surface area contributed by atoms with Crippen molar-refractivity contribution in [2.75, 3.05) is 11.9 Å². The van der Waals surface area contributed by atoms with Crippen LogP contribution in [0.25, 0.3) is 0 Å². The van der Waals surface area contributed by atoms with E-state index in [1.54, 1.807) is 37.3 Å². The molecule has 142 valence electrons. The number of hydrogen-bond acceptors (Lipinski definition) is 5. The van der Waals surface area contributed by atoms with Crippen LogP contribution in [0.15, 0.2) is 42.5 Å². The Balaban J connectivity index is 1.93. The highest BCUT2D eigenvalue weighted by atomic mass is 16.5. The average molecular weight is 369 g/mol. The van der Waals surface area contributed by atoms with Crippen molar-refractivity contribution >= 4 is 23.3 Å². The first-order valence-corrected chi connectivity index (χ1v) is 8.66. The van der Waals surface area contributed by atoms with Crippen LogP contribution in [0.4, 0.5) is 5.69 Å². The van der Waals surface area contributed by atoms with E-state index < -0.39 is 12.6 Å². The van der Waals surface area contributed by atoms with Crippen molar-refractivity contribution in [2.24, 2.45) is 5.92 Å². The van der Waals surface area contributed by atoms with Gasteiger partial charge >= 0.3 is 5.97 Å². The highest BCUT2D eigenvalue weighted by Crippen LogP contribution is 2.19.